The van der Waals surface area contributed by atoms with E-state index < -0.39 is 5.76 Å². The molecule has 1 aromatic carbocycles. The minimum atomic E-state index is -2.34. The molecule has 1 aromatic rings. The van der Waals surface area contributed by atoms with Gasteiger partial charge in [0.05, 0.1) is 0 Å². The normalized spacial score (nSPS) is 24.2. The van der Waals surface area contributed by atoms with E-state index in [1.807, 2.05) is 24.3 Å². The van der Waals surface area contributed by atoms with Crippen molar-refractivity contribution >= 4 is 11.8 Å². The first-order valence-electron chi connectivity index (χ1n) is 7.71. The number of benzene rings is 1. The van der Waals surface area contributed by atoms with E-state index in [4.69, 9.17) is 0 Å². The number of thioether (sulfide) groups is 1. The van der Waals surface area contributed by atoms with Crippen molar-refractivity contribution in [3.05, 3.63) is 29.8 Å². The Hall–Kier alpha value is -0.650. The fourth-order valence-corrected chi connectivity index (χ4v) is 3.96. The van der Waals surface area contributed by atoms with Gasteiger partial charge in [0.25, 0.3) is 5.76 Å². The molecule has 2 saturated heterocycles. The summed E-state index contributed by atoms with van der Waals surface area (Å²) in [6.07, 6.45) is 3.88. The Kier molecular flexibility index (Phi) is 5.14. The molecule has 0 amide bonds. The molecule has 3 rings (SSSR count). The van der Waals surface area contributed by atoms with Gasteiger partial charge in [0.15, 0.2) is 0 Å². The molecule has 21 heavy (non-hydrogen) atoms. The van der Waals surface area contributed by atoms with Gasteiger partial charge in [-0.25, -0.2) is 0 Å². The maximum absolute atomic E-state index is 12.3. The molecule has 2 fully saturated rings. The molecule has 0 radical (unpaired) electrons. The Morgan fingerprint density at radius 3 is 2.62 bits per heavy atom. The van der Waals surface area contributed by atoms with Crippen LogP contribution >= 0.6 is 11.8 Å². The van der Waals surface area contributed by atoms with E-state index in [1.165, 1.54) is 37.9 Å². The molecule has 5 heteroatoms. The molecule has 1 unspecified atom stereocenters. The number of hydrogen-bond acceptors (Lipinski definition) is 3. The third-order valence-electron chi connectivity index (χ3n) is 4.44. The molecule has 0 aliphatic carbocycles. The van der Waals surface area contributed by atoms with Crippen molar-refractivity contribution in [1.29, 1.82) is 0 Å². The van der Waals surface area contributed by atoms with Crippen LogP contribution in [-0.2, 0) is 6.54 Å². The highest BCUT2D eigenvalue weighted by molar-refractivity contribution is 7.99. The molecule has 0 saturated carbocycles. The molecule has 1 atom stereocenters. The quantitative estimate of drug-likeness (QED) is 0.783. The van der Waals surface area contributed by atoms with Gasteiger partial charge in [-0.2, -0.15) is 8.78 Å². The van der Waals surface area contributed by atoms with Crippen molar-refractivity contribution < 1.29 is 8.78 Å². The summed E-state index contributed by atoms with van der Waals surface area (Å²) in [5.41, 5.74) is 1.22. The minimum Gasteiger partial charge on any atom is -0.299 e. The summed E-state index contributed by atoms with van der Waals surface area (Å²) < 4.78 is 24.6. The molecule has 0 N–H and O–H groups in total. The fourth-order valence-electron chi connectivity index (χ4n) is 3.46. The van der Waals surface area contributed by atoms with Crippen LogP contribution < -0.4 is 0 Å². The highest BCUT2D eigenvalue weighted by atomic mass is 32.2. The Balaban J connectivity index is 1.57. The summed E-state index contributed by atoms with van der Waals surface area (Å²) in [4.78, 5) is 5.79. The lowest BCUT2D eigenvalue weighted by Crippen LogP contribution is -2.36. The van der Waals surface area contributed by atoms with Crippen LogP contribution in [0.2, 0.25) is 0 Å². The van der Waals surface area contributed by atoms with Gasteiger partial charge in [-0.15, -0.1) is 0 Å². The Labute approximate surface area is 129 Å². The predicted octanol–water partition coefficient (Wildman–Crippen LogP) is 3.67. The van der Waals surface area contributed by atoms with Crippen molar-refractivity contribution in [2.45, 2.75) is 42.5 Å². The number of hydrogen-bond donors (Lipinski definition) is 0. The zero-order chi connectivity index (χ0) is 14.7. The molecule has 2 aliphatic rings. The van der Waals surface area contributed by atoms with Crippen LogP contribution in [0.5, 0.6) is 0 Å². The topological polar surface area (TPSA) is 6.48 Å². The van der Waals surface area contributed by atoms with E-state index in [0.717, 1.165) is 25.7 Å². The number of alkyl halides is 2. The SMILES string of the molecule is FC(F)Sc1ccc(CN2CCCN3CCCC3C2)cc1. The van der Waals surface area contributed by atoms with Crippen LogP contribution in [0.4, 0.5) is 8.78 Å². The van der Waals surface area contributed by atoms with Gasteiger partial charge in [-0.3, -0.25) is 9.80 Å². The van der Waals surface area contributed by atoms with Crippen LogP contribution in [0.1, 0.15) is 24.8 Å². The molecular formula is C16H22F2N2S. The number of rotatable bonds is 4. The molecule has 0 bridgehead atoms. The lowest BCUT2D eigenvalue weighted by atomic mass is 10.1. The molecule has 0 spiro atoms. The third kappa shape index (κ3) is 4.18. The summed E-state index contributed by atoms with van der Waals surface area (Å²) in [6, 6.07) is 8.32. The van der Waals surface area contributed by atoms with Gasteiger partial charge in [0, 0.05) is 24.0 Å². The van der Waals surface area contributed by atoms with Crippen LogP contribution in [-0.4, -0.2) is 47.8 Å². The third-order valence-corrected chi connectivity index (χ3v) is 5.16. The molecule has 2 aliphatic heterocycles. The van der Waals surface area contributed by atoms with Gasteiger partial charge < -0.3 is 0 Å². The van der Waals surface area contributed by atoms with Gasteiger partial charge in [0.1, 0.15) is 0 Å². The standard InChI is InChI=1S/C16H22F2N2S/c17-16(18)21-15-6-4-13(5-7-15)11-19-8-2-10-20-9-1-3-14(20)12-19/h4-7,14,16H,1-3,8-12H2. The van der Waals surface area contributed by atoms with E-state index in [2.05, 4.69) is 9.80 Å². The average molecular weight is 312 g/mol. The second-order valence-electron chi connectivity index (χ2n) is 5.94. The molecule has 116 valence electrons. The monoisotopic (exact) mass is 312 g/mol. The molecule has 0 aromatic heterocycles. The van der Waals surface area contributed by atoms with E-state index in [9.17, 15) is 8.78 Å². The van der Waals surface area contributed by atoms with Crippen molar-refractivity contribution in [2.75, 3.05) is 26.2 Å². The number of halogens is 2. The lowest BCUT2D eigenvalue weighted by molar-refractivity contribution is 0.215. The molecular weight excluding hydrogens is 290 g/mol. The summed E-state index contributed by atoms with van der Waals surface area (Å²) in [5.74, 6) is -2.34. The molecule has 2 heterocycles. The van der Waals surface area contributed by atoms with Crippen molar-refractivity contribution in [3.63, 3.8) is 0 Å². The first-order valence-corrected chi connectivity index (χ1v) is 8.59. The maximum Gasteiger partial charge on any atom is 0.288 e. The summed E-state index contributed by atoms with van der Waals surface area (Å²) >= 11 is 0.615. The van der Waals surface area contributed by atoms with Crippen molar-refractivity contribution in [1.82, 2.24) is 9.80 Å². The zero-order valence-corrected chi connectivity index (χ0v) is 13.0. The van der Waals surface area contributed by atoms with Crippen LogP contribution in [0.25, 0.3) is 0 Å². The highest BCUT2D eigenvalue weighted by Gasteiger charge is 2.28. The summed E-state index contributed by atoms with van der Waals surface area (Å²) in [7, 11) is 0. The first kappa shape index (κ1) is 15.3. The fraction of sp³-hybridized carbons (Fsp3) is 0.625. The van der Waals surface area contributed by atoms with Crippen LogP contribution in [0.15, 0.2) is 29.2 Å². The van der Waals surface area contributed by atoms with E-state index in [0.29, 0.717) is 16.7 Å². The van der Waals surface area contributed by atoms with Gasteiger partial charge in [-0.05, 0) is 56.6 Å². The largest absolute Gasteiger partial charge is 0.299 e. The summed E-state index contributed by atoms with van der Waals surface area (Å²) in [6.45, 7) is 5.71. The van der Waals surface area contributed by atoms with Crippen LogP contribution in [0, 0.1) is 0 Å². The number of nitrogens with zero attached hydrogens (tertiary/aromatic N) is 2. The van der Waals surface area contributed by atoms with E-state index >= 15 is 0 Å². The van der Waals surface area contributed by atoms with Crippen molar-refractivity contribution in [2.24, 2.45) is 0 Å². The smallest absolute Gasteiger partial charge is 0.288 e. The molecule has 2 nitrogen and oxygen atoms in total. The van der Waals surface area contributed by atoms with Gasteiger partial charge in [0.2, 0.25) is 0 Å². The van der Waals surface area contributed by atoms with E-state index in [-0.39, 0.29) is 0 Å². The first-order chi connectivity index (χ1) is 10.2. The minimum absolute atomic E-state index is 0.615. The predicted molar refractivity (Wildman–Crippen MR) is 82.8 cm³/mol. The average Bonchev–Trinajstić information content (AvgIpc) is 2.79. The number of fused-ring (bicyclic) bond motifs is 1. The Morgan fingerprint density at radius 1 is 1.10 bits per heavy atom. The van der Waals surface area contributed by atoms with Crippen LogP contribution in [0.3, 0.4) is 0 Å². The lowest BCUT2D eigenvalue weighted by Gasteiger charge is -2.25. The highest BCUT2D eigenvalue weighted by Crippen LogP contribution is 2.26. The Bertz CT molecular complexity index is 452. The second-order valence-corrected chi connectivity index (χ2v) is 7.01. The zero-order valence-electron chi connectivity index (χ0n) is 12.2. The maximum atomic E-state index is 12.3. The van der Waals surface area contributed by atoms with Gasteiger partial charge in [-0.1, -0.05) is 23.9 Å². The summed E-state index contributed by atoms with van der Waals surface area (Å²) in [5, 5.41) is 0. The van der Waals surface area contributed by atoms with E-state index in [1.54, 1.807) is 0 Å². The second kappa shape index (κ2) is 7.07. The van der Waals surface area contributed by atoms with Gasteiger partial charge >= 0.3 is 0 Å². The Morgan fingerprint density at radius 2 is 1.86 bits per heavy atom. The van der Waals surface area contributed by atoms with Crippen molar-refractivity contribution in [3.8, 4) is 0 Å².